The van der Waals surface area contributed by atoms with E-state index < -0.39 is 21.7 Å². The van der Waals surface area contributed by atoms with Crippen molar-refractivity contribution in [3.8, 4) is 5.75 Å². The number of carbonyl (C=O) groups is 1. The van der Waals surface area contributed by atoms with Gasteiger partial charge >= 0.3 is 0 Å². The SMILES string of the molecule is CNC(=O)c1cc(C2CC2)cc(NS(=O)(=O)c2cc(Br)ccc2N[C@@H](C)C(C)C)c1O. The van der Waals surface area contributed by atoms with E-state index >= 15 is 0 Å². The van der Waals surface area contributed by atoms with Gasteiger partial charge in [-0.15, -0.1) is 0 Å². The van der Waals surface area contributed by atoms with Crippen LogP contribution in [0.25, 0.3) is 0 Å². The maximum absolute atomic E-state index is 13.3. The molecule has 2 aromatic carbocycles. The number of phenols is 1. The van der Waals surface area contributed by atoms with Crippen LogP contribution in [0.3, 0.4) is 0 Å². The van der Waals surface area contributed by atoms with Crippen molar-refractivity contribution >= 4 is 43.2 Å². The molecule has 0 radical (unpaired) electrons. The summed E-state index contributed by atoms with van der Waals surface area (Å²) >= 11 is 3.34. The van der Waals surface area contributed by atoms with Crippen molar-refractivity contribution < 1.29 is 18.3 Å². The van der Waals surface area contributed by atoms with Crippen LogP contribution in [0.5, 0.6) is 5.75 Å². The molecule has 0 aromatic heterocycles. The summed E-state index contributed by atoms with van der Waals surface area (Å²) in [6.45, 7) is 6.08. The zero-order valence-electron chi connectivity index (χ0n) is 18.0. The lowest BCUT2D eigenvalue weighted by molar-refractivity contribution is 0.0960. The second-order valence-corrected chi connectivity index (χ2v) is 10.8. The maximum atomic E-state index is 13.3. The Hall–Kier alpha value is -2.26. The second-order valence-electron chi connectivity index (χ2n) is 8.24. The van der Waals surface area contributed by atoms with Crippen molar-refractivity contribution in [3.05, 3.63) is 45.9 Å². The van der Waals surface area contributed by atoms with Crippen molar-refractivity contribution in [3.63, 3.8) is 0 Å². The number of nitrogens with one attached hydrogen (secondary N) is 3. The molecule has 0 unspecified atom stereocenters. The zero-order chi connectivity index (χ0) is 22.9. The number of rotatable bonds is 8. The van der Waals surface area contributed by atoms with E-state index in [-0.39, 0.29) is 28.1 Å². The summed E-state index contributed by atoms with van der Waals surface area (Å²) in [5.74, 6) is -0.313. The molecule has 4 N–H and O–H groups in total. The van der Waals surface area contributed by atoms with Crippen LogP contribution < -0.4 is 15.4 Å². The Bertz CT molecular complexity index is 1100. The quantitative estimate of drug-likeness (QED) is 0.387. The molecule has 0 bridgehead atoms. The Morgan fingerprint density at radius 2 is 1.81 bits per heavy atom. The number of sulfonamides is 1. The first-order valence-electron chi connectivity index (χ1n) is 10.2. The van der Waals surface area contributed by atoms with Crippen LogP contribution in [0, 0.1) is 5.92 Å². The first-order valence-corrected chi connectivity index (χ1v) is 12.5. The first kappa shape index (κ1) is 23.4. The van der Waals surface area contributed by atoms with Crippen LogP contribution in [0.2, 0.25) is 0 Å². The van der Waals surface area contributed by atoms with Gasteiger partial charge in [-0.2, -0.15) is 0 Å². The zero-order valence-corrected chi connectivity index (χ0v) is 20.4. The molecule has 1 fully saturated rings. The second kappa shape index (κ2) is 9.08. The number of amides is 1. The molecular weight excluding hydrogens is 482 g/mol. The van der Waals surface area contributed by atoms with Gasteiger partial charge in [0.05, 0.1) is 16.9 Å². The maximum Gasteiger partial charge on any atom is 0.264 e. The Morgan fingerprint density at radius 1 is 1.13 bits per heavy atom. The van der Waals surface area contributed by atoms with E-state index in [4.69, 9.17) is 0 Å². The van der Waals surface area contributed by atoms with E-state index in [0.717, 1.165) is 18.4 Å². The molecule has 1 atom stereocenters. The van der Waals surface area contributed by atoms with Crippen molar-refractivity contribution in [2.45, 2.75) is 50.5 Å². The first-order chi connectivity index (χ1) is 14.5. The highest BCUT2D eigenvalue weighted by Gasteiger charge is 2.29. The molecule has 7 nitrogen and oxygen atoms in total. The third-order valence-electron chi connectivity index (χ3n) is 5.51. The molecule has 3 rings (SSSR count). The van der Waals surface area contributed by atoms with Gasteiger partial charge in [0.1, 0.15) is 4.90 Å². The van der Waals surface area contributed by atoms with Crippen molar-refractivity contribution in [1.29, 1.82) is 0 Å². The summed E-state index contributed by atoms with van der Waals surface area (Å²) in [7, 11) is -2.60. The van der Waals surface area contributed by atoms with E-state index in [2.05, 4.69) is 31.3 Å². The van der Waals surface area contributed by atoms with Crippen LogP contribution in [0.1, 0.15) is 55.5 Å². The van der Waals surface area contributed by atoms with E-state index in [1.807, 2.05) is 20.8 Å². The van der Waals surface area contributed by atoms with Crippen LogP contribution in [-0.4, -0.2) is 32.5 Å². The Morgan fingerprint density at radius 3 is 2.39 bits per heavy atom. The molecule has 1 aliphatic carbocycles. The van der Waals surface area contributed by atoms with Gasteiger partial charge in [-0.25, -0.2) is 8.42 Å². The number of hydrogen-bond acceptors (Lipinski definition) is 5. The van der Waals surface area contributed by atoms with Gasteiger partial charge in [0.15, 0.2) is 5.75 Å². The van der Waals surface area contributed by atoms with Gasteiger partial charge in [-0.1, -0.05) is 29.8 Å². The van der Waals surface area contributed by atoms with Crippen molar-refractivity contribution in [1.82, 2.24) is 5.32 Å². The fraction of sp³-hybridized carbons (Fsp3) is 0.409. The van der Waals surface area contributed by atoms with Crippen molar-refractivity contribution in [2.75, 3.05) is 17.1 Å². The van der Waals surface area contributed by atoms with Crippen LogP contribution in [-0.2, 0) is 10.0 Å². The topological polar surface area (TPSA) is 108 Å². The lowest BCUT2D eigenvalue weighted by atomic mass is 10.0. The van der Waals surface area contributed by atoms with Gasteiger partial charge in [0.2, 0.25) is 0 Å². The Kier molecular flexibility index (Phi) is 6.85. The van der Waals surface area contributed by atoms with Crippen molar-refractivity contribution in [2.24, 2.45) is 5.92 Å². The summed E-state index contributed by atoms with van der Waals surface area (Å²) in [6.07, 6.45) is 1.94. The van der Waals surface area contributed by atoms with Gasteiger partial charge < -0.3 is 15.7 Å². The Balaban J connectivity index is 2.04. The summed E-state index contributed by atoms with van der Waals surface area (Å²) in [5.41, 5.74) is 1.33. The predicted molar refractivity (Wildman–Crippen MR) is 126 cm³/mol. The summed E-state index contributed by atoms with van der Waals surface area (Å²) in [4.78, 5) is 12.3. The molecular formula is C22H28BrN3O4S. The summed E-state index contributed by atoms with van der Waals surface area (Å²) in [5, 5.41) is 16.4. The highest BCUT2D eigenvalue weighted by molar-refractivity contribution is 9.10. The van der Waals surface area contributed by atoms with Crippen LogP contribution in [0.4, 0.5) is 11.4 Å². The highest BCUT2D eigenvalue weighted by atomic mass is 79.9. The average molecular weight is 510 g/mol. The number of benzene rings is 2. The Labute approximate surface area is 191 Å². The minimum Gasteiger partial charge on any atom is -0.505 e. The molecule has 1 amide bonds. The fourth-order valence-electron chi connectivity index (χ4n) is 3.14. The molecule has 0 spiro atoms. The molecule has 2 aromatic rings. The van der Waals surface area contributed by atoms with Crippen LogP contribution in [0.15, 0.2) is 39.7 Å². The minimum atomic E-state index is -4.07. The normalized spacial score (nSPS) is 14.9. The van der Waals surface area contributed by atoms with Gasteiger partial charge in [-0.05, 0) is 67.5 Å². The number of halogens is 1. The largest absolute Gasteiger partial charge is 0.505 e. The molecule has 0 aliphatic heterocycles. The molecule has 0 heterocycles. The number of hydrogen-bond donors (Lipinski definition) is 4. The van der Waals surface area contributed by atoms with Gasteiger partial charge in [0.25, 0.3) is 15.9 Å². The van der Waals surface area contributed by atoms with E-state index in [1.54, 1.807) is 24.3 Å². The molecule has 31 heavy (non-hydrogen) atoms. The number of carbonyl (C=O) groups excluding carboxylic acids is 1. The summed E-state index contributed by atoms with van der Waals surface area (Å²) < 4.78 is 29.8. The van der Waals surface area contributed by atoms with E-state index in [9.17, 15) is 18.3 Å². The lowest BCUT2D eigenvalue weighted by Crippen LogP contribution is -2.24. The van der Waals surface area contributed by atoms with E-state index in [1.165, 1.54) is 13.1 Å². The third kappa shape index (κ3) is 5.33. The summed E-state index contributed by atoms with van der Waals surface area (Å²) in [6, 6.07) is 8.26. The number of phenolic OH excluding ortho intramolecular Hbond substituents is 1. The fourth-order valence-corrected chi connectivity index (χ4v) is 4.91. The lowest BCUT2D eigenvalue weighted by Gasteiger charge is -2.22. The van der Waals surface area contributed by atoms with E-state index in [0.29, 0.717) is 16.1 Å². The molecule has 0 saturated heterocycles. The monoisotopic (exact) mass is 509 g/mol. The minimum absolute atomic E-state index is 0.00849. The standard InChI is InChI=1S/C22H28BrN3O4S/c1-12(2)13(3)25-18-8-7-16(23)11-20(18)31(29,30)26-19-10-15(14-5-6-14)9-17(21(19)27)22(28)24-4/h7-14,25-27H,5-6H2,1-4H3,(H,24,28)/t13-/m0/s1. The smallest absolute Gasteiger partial charge is 0.264 e. The molecule has 1 aliphatic rings. The number of aromatic hydroxyl groups is 1. The third-order valence-corrected chi connectivity index (χ3v) is 7.41. The molecule has 168 valence electrons. The van der Waals surface area contributed by atoms with Gasteiger partial charge in [0, 0.05) is 17.6 Å². The predicted octanol–water partition coefficient (Wildman–Crippen LogP) is 4.65. The molecule has 9 heteroatoms. The highest BCUT2D eigenvalue weighted by Crippen LogP contribution is 2.44. The average Bonchev–Trinajstić information content (AvgIpc) is 3.55. The number of anilines is 2. The molecule has 1 saturated carbocycles. The van der Waals surface area contributed by atoms with Gasteiger partial charge in [-0.3, -0.25) is 9.52 Å². The van der Waals surface area contributed by atoms with Crippen LogP contribution >= 0.6 is 15.9 Å².